The van der Waals surface area contributed by atoms with Crippen LogP contribution in [0.15, 0.2) is 41.6 Å². The molecule has 2 heterocycles. The molecule has 0 aliphatic carbocycles. The molecule has 2 aromatic rings. The zero-order valence-corrected chi connectivity index (χ0v) is 16.9. The zero-order valence-electron chi connectivity index (χ0n) is 15.3. The molecule has 3 rings (SSSR count). The predicted octanol–water partition coefficient (Wildman–Crippen LogP) is 1.93. The van der Waals surface area contributed by atoms with Crippen LogP contribution in [-0.4, -0.2) is 62.6 Å². The molecule has 0 radical (unpaired) electrons. The lowest BCUT2D eigenvalue weighted by Gasteiger charge is -2.34. The third-order valence-corrected chi connectivity index (χ3v) is 6.43. The summed E-state index contributed by atoms with van der Waals surface area (Å²) in [6.45, 7) is 6.59. The first kappa shape index (κ1) is 20.0. The van der Waals surface area contributed by atoms with Gasteiger partial charge in [-0.2, -0.15) is 0 Å². The Balaban J connectivity index is 1.42. The second-order valence-corrected chi connectivity index (χ2v) is 8.71. The van der Waals surface area contributed by atoms with Crippen molar-refractivity contribution in [2.45, 2.75) is 18.2 Å². The van der Waals surface area contributed by atoms with Crippen molar-refractivity contribution in [2.24, 2.45) is 0 Å². The molecule has 1 aromatic carbocycles. The van der Waals surface area contributed by atoms with Crippen LogP contribution < -0.4 is 9.62 Å². The second kappa shape index (κ2) is 8.97. The zero-order chi connectivity index (χ0) is 19.3. The van der Waals surface area contributed by atoms with Crippen LogP contribution in [0.3, 0.4) is 0 Å². The Kier molecular flexibility index (Phi) is 6.64. The predicted molar refractivity (Wildman–Crippen MR) is 107 cm³/mol. The summed E-state index contributed by atoms with van der Waals surface area (Å²) in [5, 5.41) is 0.534. The van der Waals surface area contributed by atoms with Gasteiger partial charge in [-0.1, -0.05) is 11.6 Å². The summed E-state index contributed by atoms with van der Waals surface area (Å²) in [6.07, 6.45) is 4.26. The Morgan fingerprint density at radius 2 is 1.85 bits per heavy atom. The number of aryl methyl sites for hydroxylation is 1. The summed E-state index contributed by atoms with van der Waals surface area (Å²) in [4.78, 5) is 13.3. The summed E-state index contributed by atoms with van der Waals surface area (Å²) in [5.74, 6) is 0.767. The Morgan fingerprint density at radius 3 is 2.52 bits per heavy atom. The van der Waals surface area contributed by atoms with Gasteiger partial charge in [0, 0.05) is 50.1 Å². The van der Waals surface area contributed by atoms with Crippen molar-refractivity contribution in [3.05, 3.63) is 47.2 Å². The third-order valence-electron chi connectivity index (χ3n) is 4.58. The number of sulfonamides is 1. The molecule has 1 aromatic heterocycles. The average Bonchev–Trinajstić information content (AvgIpc) is 2.66. The van der Waals surface area contributed by atoms with Gasteiger partial charge in [-0.05, 0) is 49.7 Å². The Bertz CT molecular complexity index is 855. The van der Waals surface area contributed by atoms with Gasteiger partial charge in [-0.15, -0.1) is 0 Å². The van der Waals surface area contributed by atoms with Gasteiger partial charge in [0.25, 0.3) is 0 Å². The number of anilines is 1. The monoisotopic (exact) mass is 409 g/mol. The lowest BCUT2D eigenvalue weighted by molar-refractivity contribution is 0.254. The van der Waals surface area contributed by atoms with Crippen molar-refractivity contribution in [3.8, 4) is 0 Å². The molecule has 1 aliphatic rings. The third kappa shape index (κ3) is 5.38. The van der Waals surface area contributed by atoms with E-state index in [1.54, 1.807) is 37.5 Å². The molecule has 0 saturated carbocycles. The molecule has 27 heavy (non-hydrogen) atoms. The molecule has 146 valence electrons. The maximum atomic E-state index is 12.4. The fraction of sp³-hybridized carbons (Fsp3) is 0.444. The molecule has 0 bridgehead atoms. The first-order valence-corrected chi connectivity index (χ1v) is 10.8. The van der Waals surface area contributed by atoms with Gasteiger partial charge in [0.1, 0.15) is 0 Å². The topological polar surface area (TPSA) is 78.4 Å². The number of hydrogen-bond acceptors (Lipinski definition) is 6. The van der Waals surface area contributed by atoms with E-state index in [0.29, 0.717) is 17.1 Å². The summed E-state index contributed by atoms with van der Waals surface area (Å²) in [6, 6.07) is 6.61. The second-order valence-electron chi connectivity index (χ2n) is 6.54. The van der Waals surface area contributed by atoms with Crippen LogP contribution in [0.1, 0.15) is 12.0 Å². The van der Waals surface area contributed by atoms with E-state index in [4.69, 9.17) is 11.6 Å². The largest absolute Gasteiger partial charge is 0.338 e. The van der Waals surface area contributed by atoms with Crippen molar-refractivity contribution >= 4 is 27.6 Å². The maximum absolute atomic E-state index is 12.4. The molecule has 1 fully saturated rings. The Hall–Kier alpha value is -1.74. The molecule has 9 heteroatoms. The van der Waals surface area contributed by atoms with Gasteiger partial charge in [-0.3, -0.25) is 4.90 Å². The summed E-state index contributed by atoms with van der Waals surface area (Å²) in [7, 11) is -3.51. The first-order valence-electron chi connectivity index (χ1n) is 8.96. The lowest BCUT2D eigenvalue weighted by Crippen LogP contribution is -2.47. The standard InChI is InChI=1S/C18H24ClN5O2S/c1-15-14-16(19)4-5-17(15)27(25,26)22-8-3-9-23-10-12-24(13-11-23)18-20-6-2-7-21-18/h2,4-7,14,22H,3,8-13H2,1H3. The van der Waals surface area contributed by atoms with Crippen LogP contribution >= 0.6 is 11.6 Å². The Labute approximate surface area is 165 Å². The van der Waals surface area contributed by atoms with Crippen molar-refractivity contribution in [1.82, 2.24) is 19.6 Å². The molecule has 7 nitrogen and oxygen atoms in total. The van der Waals surface area contributed by atoms with Crippen molar-refractivity contribution in [2.75, 3.05) is 44.2 Å². The molecule has 0 spiro atoms. The molecular weight excluding hydrogens is 386 g/mol. The molecule has 1 N–H and O–H groups in total. The van der Waals surface area contributed by atoms with Gasteiger partial charge >= 0.3 is 0 Å². The summed E-state index contributed by atoms with van der Waals surface area (Å²) < 4.78 is 27.5. The normalized spacial score (nSPS) is 15.9. The highest BCUT2D eigenvalue weighted by Crippen LogP contribution is 2.19. The minimum atomic E-state index is -3.51. The van der Waals surface area contributed by atoms with E-state index in [2.05, 4.69) is 24.5 Å². The molecule has 1 saturated heterocycles. The van der Waals surface area contributed by atoms with Crippen molar-refractivity contribution in [3.63, 3.8) is 0 Å². The smallest absolute Gasteiger partial charge is 0.240 e. The fourth-order valence-corrected chi connectivity index (χ4v) is 4.65. The minimum Gasteiger partial charge on any atom is -0.338 e. The lowest BCUT2D eigenvalue weighted by atomic mass is 10.2. The fourth-order valence-electron chi connectivity index (χ4n) is 3.13. The maximum Gasteiger partial charge on any atom is 0.240 e. The number of halogens is 1. The summed E-state index contributed by atoms with van der Waals surface area (Å²) >= 11 is 5.90. The van der Waals surface area contributed by atoms with Crippen LogP contribution in [-0.2, 0) is 10.0 Å². The van der Waals surface area contributed by atoms with Gasteiger partial charge in [-0.25, -0.2) is 23.1 Å². The minimum absolute atomic E-state index is 0.281. The van der Waals surface area contributed by atoms with E-state index < -0.39 is 10.0 Å². The highest BCUT2D eigenvalue weighted by molar-refractivity contribution is 7.89. The average molecular weight is 410 g/mol. The van der Waals surface area contributed by atoms with E-state index in [0.717, 1.165) is 45.1 Å². The van der Waals surface area contributed by atoms with Gasteiger partial charge in [0.05, 0.1) is 4.90 Å². The van der Waals surface area contributed by atoms with Gasteiger partial charge in [0.2, 0.25) is 16.0 Å². The summed E-state index contributed by atoms with van der Waals surface area (Å²) in [5.41, 5.74) is 0.647. The van der Waals surface area contributed by atoms with E-state index in [9.17, 15) is 8.42 Å². The van der Waals surface area contributed by atoms with Crippen LogP contribution in [0.4, 0.5) is 5.95 Å². The SMILES string of the molecule is Cc1cc(Cl)ccc1S(=O)(=O)NCCCN1CCN(c2ncccn2)CC1. The highest BCUT2D eigenvalue weighted by Gasteiger charge is 2.19. The number of piperazine rings is 1. The van der Waals surface area contributed by atoms with E-state index in [1.807, 2.05) is 6.07 Å². The quantitative estimate of drug-likeness (QED) is 0.704. The first-order chi connectivity index (χ1) is 13.0. The molecule has 1 aliphatic heterocycles. The van der Waals surface area contributed by atoms with Gasteiger partial charge in [0.15, 0.2) is 0 Å². The number of nitrogens with one attached hydrogen (secondary N) is 1. The van der Waals surface area contributed by atoms with Crippen molar-refractivity contribution < 1.29 is 8.42 Å². The van der Waals surface area contributed by atoms with Gasteiger partial charge < -0.3 is 4.90 Å². The molecule has 0 atom stereocenters. The number of nitrogens with zero attached hydrogens (tertiary/aromatic N) is 4. The number of rotatable bonds is 7. The molecule has 0 unspecified atom stereocenters. The van der Waals surface area contributed by atoms with E-state index in [-0.39, 0.29) is 4.90 Å². The Morgan fingerprint density at radius 1 is 1.15 bits per heavy atom. The van der Waals surface area contributed by atoms with Crippen LogP contribution in [0, 0.1) is 6.92 Å². The van der Waals surface area contributed by atoms with E-state index >= 15 is 0 Å². The van der Waals surface area contributed by atoms with Crippen LogP contribution in [0.5, 0.6) is 0 Å². The number of hydrogen-bond donors (Lipinski definition) is 1. The van der Waals surface area contributed by atoms with Crippen LogP contribution in [0.2, 0.25) is 5.02 Å². The molecule has 0 amide bonds. The van der Waals surface area contributed by atoms with Crippen LogP contribution in [0.25, 0.3) is 0 Å². The highest BCUT2D eigenvalue weighted by atomic mass is 35.5. The van der Waals surface area contributed by atoms with E-state index in [1.165, 1.54) is 0 Å². The molecular formula is C18H24ClN5O2S. The number of benzene rings is 1. The van der Waals surface area contributed by atoms with Crippen molar-refractivity contribution in [1.29, 1.82) is 0 Å². The number of aromatic nitrogens is 2.